The number of hydrogen-bond donors (Lipinski definition) is 2. The molecule has 1 saturated heterocycles. The smallest absolute Gasteiger partial charge is 0.416 e. The number of carbonyl (C=O) groups excluding carboxylic acids is 2. The van der Waals surface area contributed by atoms with Crippen LogP contribution in [-0.2, 0) is 11.0 Å². The number of benzene rings is 2. The molecule has 1 aliphatic heterocycles. The number of urea groups is 1. The van der Waals surface area contributed by atoms with E-state index in [1.165, 1.54) is 31.4 Å². The summed E-state index contributed by atoms with van der Waals surface area (Å²) in [7, 11) is 1.54. The van der Waals surface area contributed by atoms with E-state index in [9.17, 15) is 22.8 Å². The molecule has 1 aliphatic rings. The molecule has 0 spiro atoms. The largest absolute Gasteiger partial charge is 0.495 e. The lowest BCUT2D eigenvalue weighted by Gasteiger charge is -2.22. The fourth-order valence-electron chi connectivity index (χ4n) is 4.21. The third-order valence-corrected chi connectivity index (χ3v) is 6.69. The summed E-state index contributed by atoms with van der Waals surface area (Å²) in [5.74, 6) is 0.272. The number of unbranched alkanes of at least 4 members (excludes halogenated alkanes) is 2. The maximum Gasteiger partial charge on any atom is 0.416 e. The Balaban J connectivity index is 1.28. The van der Waals surface area contributed by atoms with Gasteiger partial charge in [0.15, 0.2) is 0 Å². The second-order valence-corrected chi connectivity index (χ2v) is 9.67. The number of hydrogen-bond acceptors (Lipinski definition) is 4. The molecule has 1 heterocycles. The van der Waals surface area contributed by atoms with E-state index in [2.05, 4.69) is 15.5 Å². The normalized spacial score (nSPS) is 14.7. The molecule has 39 heavy (non-hydrogen) atoms. The zero-order valence-corrected chi connectivity index (χ0v) is 22.7. The molecule has 2 aromatic rings. The Bertz CT molecular complexity index is 1130. The van der Waals surface area contributed by atoms with Crippen LogP contribution in [0, 0.1) is 0 Å². The first-order chi connectivity index (χ1) is 18.7. The van der Waals surface area contributed by atoms with Crippen molar-refractivity contribution in [1.29, 1.82) is 0 Å². The second-order valence-electron chi connectivity index (χ2n) is 9.27. The standard InChI is InChI=1S/C28H34ClF3N4O3/c1-39-25-12-11-23(20-24(25)29)34-27(38)36-17-5-16-35(18-19-36)15-4-2-3-14-33-26(37)13-8-21-6-9-22(10-7-21)28(30,31)32/h6-13,20H,2-5,14-19H2,1H3,(H,33,37)(H,34,38)/b13-8+. The number of anilines is 1. The molecule has 7 nitrogen and oxygen atoms in total. The van der Waals surface area contributed by atoms with Gasteiger partial charge in [-0.15, -0.1) is 0 Å². The maximum atomic E-state index is 12.7. The van der Waals surface area contributed by atoms with Crippen molar-refractivity contribution in [2.24, 2.45) is 0 Å². The van der Waals surface area contributed by atoms with E-state index < -0.39 is 11.7 Å². The summed E-state index contributed by atoms with van der Waals surface area (Å²) in [6, 6.07) is 9.64. The van der Waals surface area contributed by atoms with Crippen molar-refractivity contribution >= 4 is 35.3 Å². The van der Waals surface area contributed by atoms with Gasteiger partial charge in [-0.2, -0.15) is 13.2 Å². The van der Waals surface area contributed by atoms with Crippen molar-refractivity contribution in [3.63, 3.8) is 0 Å². The lowest BCUT2D eigenvalue weighted by Crippen LogP contribution is -2.38. The number of methoxy groups -OCH3 is 1. The molecular weight excluding hydrogens is 533 g/mol. The molecular formula is C28H34ClF3N4O3. The van der Waals surface area contributed by atoms with Gasteiger partial charge in [0, 0.05) is 37.9 Å². The molecule has 3 amide bonds. The highest BCUT2D eigenvalue weighted by Gasteiger charge is 2.29. The highest BCUT2D eigenvalue weighted by molar-refractivity contribution is 6.32. The van der Waals surface area contributed by atoms with Crippen LogP contribution in [0.15, 0.2) is 48.5 Å². The van der Waals surface area contributed by atoms with Crippen LogP contribution in [0.1, 0.15) is 36.8 Å². The number of carbonyl (C=O) groups is 2. The SMILES string of the molecule is COc1ccc(NC(=O)N2CCCN(CCCCCNC(=O)/C=C/c3ccc(C(F)(F)F)cc3)CC2)cc1Cl. The Kier molecular flexibility index (Phi) is 11.5. The lowest BCUT2D eigenvalue weighted by molar-refractivity contribution is -0.137. The van der Waals surface area contributed by atoms with Gasteiger partial charge in [0.1, 0.15) is 5.75 Å². The van der Waals surface area contributed by atoms with E-state index in [1.807, 2.05) is 4.90 Å². The Labute approximate surface area is 231 Å². The van der Waals surface area contributed by atoms with E-state index in [-0.39, 0.29) is 11.9 Å². The number of rotatable bonds is 10. The molecule has 0 unspecified atom stereocenters. The molecule has 0 aromatic heterocycles. The third kappa shape index (κ3) is 10.1. The molecule has 1 fully saturated rings. The van der Waals surface area contributed by atoms with Gasteiger partial charge in [0.05, 0.1) is 17.7 Å². The Morgan fingerprint density at radius 1 is 1.03 bits per heavy atom. The molecule has 0 atom stereocenters. The molecule has 11 heteroatoms. The molecule has 2 aromatic carbocycles. The summed E-state index contributed by atoms with van der Waals surface area (Å²) in [6.07, 6.45) is 2.08. The molecule has 2 N–H and O–H groups in total. The van der Waals surface area contributed by atoms with E-state index in [0.29, 0.717) is 41.7 Å². The summed E-state index contributed by atoms with van der Waals surface area (Å²) >= 11 is 6.14. The van der Waals surface area contributed by atoms with E-state index in [1.54, 1.807) is 18.2 Å². The summed E-state index contributed by atoms with van der Waals surface area (Å²) in [6.45, 7) is 4.48. The van der Waals surface area contributed by atoms with Crippen LogP contribution in [0.3, 0.4) is 0 Å². The van der Waals surface area contributed by atoms with Gasteiger partial charge in [-0.3, -0.25) is 4.79 Å². The van der Waals surface area contributed by atoms with E-state index >= 15 is 0 Å². The van der Waals surface area contributed by atoms with Crippen molar-refractivity contribution in [3.8, 4) is 5.75 Å². The fourth-order valence-corrected chi connectivity index (χ4v) is 4.46. The first kappa shape index (κ1) is 30.3. The molecule has 212 valence electrons. The van der Waals surface area contributed by atoms with Gasteiger partial charge in [0.2, 0.25) is 5.91 Å². The lowest BCUT2D eigenvalue weighted by atomic mass is 10.1. The molecule has 0 saturated carbocycles. The van der Waals surface area contributed by atoms with E-state index in [4.69, 9.17) is 16.3 Å². The Morgan fingerprint density at radius 2 is 1.79 bits per heavy atom. The van der Waals surface area contributed by atoms with Crippen molar-refractivity contribution < 1.29 is 27.5 Å². The van der Waals surface area contributed by atoms with Crippen LogP contribution in [0.4, 0.5) is 23.7 Å². The van der Waals surface area contributed by atoms with Gasteiger partial charge < -0.3 is 25.2 Å². The van der Waals surface area contributed by atoms with Gasteiger partial charge >= 0.3 is 12.2 Å². The van der Waals surface area contributed by atoms with Crippen LogP contribution in [0.5, 0.6) is 5.75 Å². The first-order valence-corrected chi connectivity index (χ1v) is 13.3. The Morgan fingerprint density at radius 3 is 2.49 bits per heavy atom. The van der Waals surface area contributed by atoms with Gasteiger partial charge in [-0.25, -0.2) is 4.79 Å². The van der Waals surface area contributed by atoms with Gasteiger partial charge in [-0.05, 0) is 74.3 Å². The van der Waals surface area contributed by atoms with Crippen LogP contribution in [0.25, 0.3) is 6.08 Å². The van der Waals surface area contributed by atoms with E-state index in [0.717, 1.165) is 57.5 Å². The quantitative estimate of drug-likeness (QED) is 0.277. The zero-order valence-electron chi connectivity index (χ0n) is 21.9. The third-order valence-electron chi connectivity index (χ3n) is 6.39. The highest BCUT2D eigenvalue weighted by atomic mass is 35.5. The fraction of sp³-hybridized carbons (Fsp3) is 0.429. The number of halogens is 4. The minimum Gasteiger partial charge on any atom is -0.495 e. The summed E-state index contributed by atoms with van der Waals surface area (Å²) in [5.41, 5.74) is 0.424. The number of alkyl halides is 3. The minimum atomic E-state index is -4.38. The molecule has 0 radical (unpaired) electrons. The number of ether oxygens (including phenoxy) is 1. The van der Waals surface area contributed by atoms with Gasteiger partial charge in [-0.1, -0.05) is 30.2 Å². The molecule has 0 aliphatic carbocycles. The predicted octanol–water partition coefficient (Wildman–Crippen LogP) is 5.91. The van der Waals surface area contributed by atoms with Crippen molar-refractivity contribution in [2.45, 2.75) is 31.9 Å². The average molecular weight is 567 g/mol. The maximum absolute atomic E-state index is 12.7. The number of nitrogens with zero attached hydrogens (tertiary/aromatic N) is 2. The van der Waals surface area contributed by atoms with Crippen molar-refractivity contribution in [3.05, 3.63) is 64.7 Å². The monoisotopic (exact) mass is 566 g/mol. The first-order valence-electron chi connectivity index (χ1n) is 12.9. The molecule has 0 bridgehead atoms. The zero-order chi connectivity index (χ0) is 28.3. The van der Waals surface area contributed by atoms with Crippen molar-refractivity contribution in [2.75, 3.05) is 51.7 Å². The second kappa shape index (κ2) is 14.8. The summed E-state index contributed by atoms with van der Waals surface area (Å²) in [4.78, 5) is 28.8. The van der Waals surface area contributed by atoms with Crippen LogP contribution < -0.4 is 15.4 Å². The Hall–Kier alpha value is -3.24. The van der Waals surface area contributed by atoms with Crippen LogP contribution in [-0.4, -0.2) is 68.1 Å². The minimum absolute atomic E-state index is 0.152. The van der Waals surface area contributed by atoms with Crippen LogP contribution >= 0.6 is 11.6 Å². The number of nitrogens with one attached hydrogen (secondary N) is 2. The highest BCUT2D eigenvalue weighted by Crippen LogP contribution is 2.29. The number of amides is 3. The van der Waals surface area contributed by atoms with Gasteiger partial charge in [0.25, 0.3) is 0 Å². The summed E-state index contributed by atoms with van der Waals surface area (Å²) in [5, 5.41) is 6.13. The average Bonchev–Trinajstić information content (AvgIpc) is 3.15. The topological polar surface area (TPSA) is 73.9 Å². The van der Waals surface area contributed by atoms with Crippen molar-refractivity contribution in [1.82, 2.24) is 15.1 Å². The summed E-state index contributed by atoms with van der Waals surface area (Å²) < 4.78 is 43.0. The van der Waals surface area contributed by atoms with Crippen LogP contribution in [0.2, 0.25) is 5.02 Å². The molecule has 3 rings (SSSR count). The predicted molar refractivity (Wildman–Crippen MR) is 147 cm³/mol.